The third-order valence-corrected chi connectivity index (χ3v) is 3.64. The highest BCUT2D eigenvalue weighted by Gasteiger charge is 2.24. The van der Waals surface area contributed by atoms with Gasteiger partial charge in [0.1, 0.15) is 10.6 Å². The van der Waals surface area contributed by atoms with Crippen molar-refractivity contribution in [1.29, 1.82) is 0 Å². The molecule has 0 aliphatic heterocycles. The first kappa shape index (κ1) is 11.7. The molecule has 0 saturated carbocycles. The van der Waals surface area contributed by atoms with Crippen molar-refractivity contribution in [2.75, 3.05) is 0 Å². The van der Waals surface area contributed by atoms with Crippen LogP contribution in [0.4, 0.5) is 8.78 Å². The van der Waals surface area contributed by atoms with Crippen molar-refractivity contribution in [1.82, 2.24) is 4.98 Å². The minimum atomic E-state index is -4.16. The summed E-state index contributed by atoms with van der Waals surface area (Å²) in [6, 6.07) is 1.30. The van der Waals surface area contributed by atoms with E-state index >= 15 is 0 Å². The van der Waals surface area contributed by atoms with Crippen molar-refractivity contribution in [3.63, 3.8) is 0 Å². The number of pyridine rings is 1. The van der Waals surface area contributed by atoms with Crippen LogP contribution in [0.2, 0.25) is 0 Å². The average molecular weight is 334 g/mol. The molecule has 0 amide bonds. The summed E-state index contributed by atoms with van der Waals surface area (Å²) >= 11 is 1.61. The Morgan fingerprint density at radius 2 is 2.07 bits per heavy atom. The van der Waals surface area contributed by atoms with E-state index in [1.807, 2.05) is 0 Å². The molecule has 78 valence electrons. The zero-order valence-corrected chi connectivity index (χ0v) is 9.59. The molecule has 0 radical (unpaired) electrons. The molecule has 1 aromatic rings. The highest BCUT2D eigenvalue weighted by atomic mass is 127. The van der Waals surface area contributed by atoms with E-state index in [0.29, 0.717) is 0 Å². The topological polar surface area (TPSA) is 73.1 Å². The van der Waals surface area contributed by atoms with Crippen LogP contribution in [0.3, 0.4) is 0 Å². The molecule has 1 heterocycles. The van der Waals surface area contributed by atoms with Gasteiger partial charge in [0.15, 0.2) is 0 Å². The van der Waals surface area contributed by atoms with Gasteiger partial charge in [0, 0.05) is 9.77 Å². The molecule has 0 aliphatic rings. The lowest BCUT2D eigenvalue weighted by Crippen LogP contribution is -2.17. The number of aromatic nitrogens is 1. The van der Waals surface area contributed by atoms with Crippen LogP contribution < -0.4 is 5.14 Å². The summed E-state index contributed by atoms with van der Waals surface area (Å²) < 4.78 is 46.8. The molecule has 14 heavy (non-hydrogen) atoms. The molecule has 0 fully saturated rings. The molecule has 0 bridgehead atoms. The predicted octanol–water partition coefficient (Wildman–Crippen LogP) is 1.27. The van der Waals surface area contributed by atoms with E-state index in [-0.39, 0.29) is 3.57 Å². The standard InChI is InChI=1S/C6H5F2IN2O2S/c7-6(8)4-5(14(10,12)13)3(9)1-2-11-4/h1-2,6H,(H2,10,12,13). The second kappa shape index (κ2) is 4.03. The lowest BCUT2D eigenvalue weighted by atomic mass is 10.4. The average Bonchev–Trinajstić information content (AvgIpc) is 2.01. The zero-order chi connectivity index (χ0) is 10.9. The summed E-state index contributed by atoms with van der Waals surface area (Å²) in [5.74, 6) is 0. The molecule has 0 spiro atoms. The SMILES string of the molecule is NS(=O)(=O)c1c(I)ccnc1C(F)F. The van der Waals surface area contributed by atoms with Crippen molar-refractivity contribution < 1.29 is 17.2 Å². The second-order valence-electron chi connectivity index (χ2n) is 2.35. The van der Waals surface area contributed by atoms with Gasteiger partial charge in [-0.3, -0.25) is 4.98 Å². The Morgan fingerprint density at radius 3 is 2.43 bits per heavy atom. The number of primary sulfonamides is 1. The van der Waals surface area contributed by atoms with Gasteiger partial charge in [-0.1, -0.05) is 0 Å². The fraction of sp³-hybridized carbons (Fsp3) is 0.167. The van der Waals surface area contributed by atoms with E-state index in [4.69, 9.17) is 5.14 Å². The summed E-state index contributed by atoms with van der Waals surface area (Å²) in [4.78, 5) is 2.69. The number of sulfonamides is 1. The van der Waals surface area contributed by atoms with Crippen LogP contribution >= 0.6 is 22.6 Å². The Bertz CT molecular complexity index is 449. The lowest BCUT2D eigenvalue weighted by Gasteiger charge is -2.06. The third-order valence-electron chi connectivity index (χ3n) is 1.38. The quantitative estimate of drug-likeness (QED) is 0.828. The summed E-state index contributed by atoms with van der Waals surface area (Å²) in [7, 11) is -4.16. The Kier molecular flexibility index (Phi) is 3.37. The Morgan fingerprint density at radius 1 is 1.50 bits per heavy atom. The number of hydrogen-bond acceptors (Lipinski definition) is 3. The molecular formula is C6H5F2IN2O2S. The number of nitrogens with zero attached hydrogens (tertiary/aromatic N) is 1. The second-order valence-corrected chi connectivity index (χ2v) is 5.01. The Balaban J connectivity index is 3.54. The number of rotatable bonds is 2. The molecule has 0 unspecified atom stereocenters. The minimum absolute atomic E-state index is 0.135. The molecule has 0 atom stereocenters. The summed E-state index contributed by atoms with van der Waals surface area (Å²) in [5, 5.41) is 4.79. The van der Waals surface area contributed by atoms with Crippen molar-refractivity contribution >= 4 is 32.6 Å². The third kappa shape index (κ3) is 2.36. The number of halogens is 3. The summed E-state index contributed by atoms with van der Waals surface area (Å²) in [6.07, 6.45) is -1.85. The van der Waals surface area contributed by atoms with Gasteiger partial charge >= 0.3 is 0 Å². The van der Waals surface area contributed by atoms with Crippen LogP contribution in [0.15, 0.2) is 17.2 Å². The van der Waals surface area contributed by atoms with E-state index in [2.05, 4.69) is 4.98 Å². The molecule has 8 heteroatoms. The summed E-state index contributed by atoms with van der Waals surface area (Å²) in [5.41, 5.74) is -0.806. The number of nitrogens with two attached hydrogens (primary N) is 1. The van der Waals surface area contributed by atoms with E-state index in [0.717, 1.165) is 6.20 Å². The maximum atomic E-state index is 12.4. The smallest absolute Gasteiger partial charge is 0.254 e. The van der Waals surface area contributed by atoms with Crippen LogP contribution in [-0.4, -0.2) is 13.4 Å². The van der Waals surface area contributed by atoms with Crippen LogP contribution in [0.5, 0.6) is 0 Å². The monoisotopic (exact) mass is 334 g/mol. The van der Waals surface area contributed by atoms with Gasteiger partial charge in [0.25, 0.3) is 6.43 Å². The molecule has 0 aliphatic carbocycles. The number of hydrogen-bond donors (Lipinski definition) is 1. The van der Waals surface area contributed by atoms with Crippen LogP contribution in [0.25, 0.3) is 0 Å². The molecule has 1 aromatic heterocycles. The Labute approximate surface area is 92.7 Å². The van der Waals surface area contributed by atoms with Crippen molar-refractivity contribution in [3.8, 4) is 0 Å². The molecule has 0 aromatic carbocycles. The van der Waals surface area contributed by atoms with E-state index in [9.17, 15) is 17.2 Å². The fourth-order valence-electron chi connectivity index (χ4n) is 0.877. The van der Waals surface area contributed by atoms with Crippen LogP contribution in [0.1, 0.15) is 12.1 Å². The maximum Gasteiger partial charge on any atom is 0.281 e. The van der Waals surface area contributed by atoms with Gasteiger partial charge in [-0.2, -0.15) is 0 Å². The Hall–Kier alpha value is -0.350. The molecule has 0 saturated heterocycles. The van der Waals surface area contributed by atoms with Gasteiger partial charge in [-0.05, 0) is 28.7 Å². The van der Waals surface area contributed by atoms with Gasteiger partial charge in [-0.25, -0.2) is 22.3 Å². The predicted molar refractivity (Wildman–Crippen MR) is 53.3 cm³/mol. The van der Waals surface area contributed by atoms with E-state index in [1.54, 1.807) is 22.6 Å². The highest BCUT2D eigenvalue weighted by Crippen LogP contribution is 2.26. The fourth-order valence-corrected chi connectivity index (χ4v) is 3.01. The van der Waals surface area contributed by atoms with Crippen molar-refractivity contribution in [2.45, 2.75) is 11.3 Å². The van der Waals surface area contributed by atoms with Crippen LogP contribution in [0, 0.1) is 3.57 Å². The van der Waals surface area contributed by atoms with Gasteiger partial charge in [-0.15, -0.1) is 0 Å². The first-order valence-corrected chi connectivity index (χ1v) is 5.92. The maximum absolute atomic E-state index is 12.4. The molecular weight excluding hydrogens is 329 g/mol. The van der Waals surface area contributed by atoms with Crippen LogP contribution in [-0.2, 0) is 10.0 Å². The van der Waals surface area contributed by atoms with Gasteiger partial charge < -0.3 is 0 Å². The van der Waals surface area contributed by atoms with Crippen molar-refractivity contribution in [2.24, 2.45) is 5.14 Å². The lowest BCUT2D eigenvalue weighted by molar-refractivity contribution is 0.142. The van der Waals surface area contributed by atoms with Crippen molar-refractivity contribution in [3.05, 3.63) is 21.5 Å². The number of alkyl halides is 2. The molecule has 1 rings (SSSR count). The zero-order valence-electron chi connectivity index (χ0n) is 6.62. The first-order chi connectivity index (χ1) is 6.34. The highest BCUT2D eigenvalue weighted by molar-refractivity contribution is 14.1. The van der Waals surface area contributed by atoms with E-state index in [1.165, 1.54) is 6.07 Å². The van der Waals surface area contributed by atoms with Gasteiger partial charge in [0.2, 0.25) is 10.0 Å². The normalized spacial score (nSPS) is 12.1. The van der Waals surface area contributed by atoms with E-state index < -0.39 is 27.0 Å². The minimum Gasteiger partial charge on any atom is -0.254 e. The first-order valence-electron chi connectivity index (χ1n) is 3.29. The van der Waals surface area contributed by atoms with Gasteiger partial charge in [0.05, 0.1) is 0 Å². The molecule has 4 nitrogen and oxygen atoms in total. The molecule has 2 N–H and O–H groups in total. The largest absolute Gasteiger partial charge is 0.281 e. The summed E-state index contributed by atoms with van der Waals surface area (Å²) in [6.45, 7) is 0.